The Morgan fingerprint density at radius 2 is 1.47 bits per heavy atom. The van der Waals surface area contributed by atoms with Crippen molar-refractivity contribution in [3.63, 3.8) is 0 Å². The largest absolute Gasteiger partial charge is 0.322 e. The molecule has 0 saturated heterocycles. The number of anilines is 1. The maximum Gasteiger partial charge on any atom is 0.285 e. The Hall–Kier alpha value is -3.22. The normalized spacial score (nSPS) is 12.7. The van der Waals surface area contributed by atoms with Gasteiger partial charge in [0.1, 0.15) is 5.56 Å². The summed E-state index contributed by atoms with van der Waals surface area (Å²) in [6, 6.07) is 3.73. The zero-order chi connectivity index (χ0) is 25.6. The summed E-state index contributed by atoms with van der Waals surface area (Å²) in [5, 5.41) is 10.4. The van der Waals surface area contributed by atoms with Gasteiger partial charge >= 0.3 is 0 Å². The van der Waals surface area contributed by atoms with E-state index < -0.39 is 69.8 Å². The fourth-order valence-electron chi connectivity index (χ4n) is 2.39. The van der Waals surface area contributed by atoms with Crippen LogP contribution in [0.1, 0.15) is 10.4 Å². The van der Waals surface area contributed by atoms with E-state index in [2.05, 4.69) is 9.50 Å². The SMILES string of the molecule is Cn1nc(S(N)(=O)=O)sc1=NS(=O)(=O)c1ccc(NC(=O)c2c(F)c(F)c(F)c(F)c2F)cc1. The van der Waals surface area contributed by atoms with Crippen molar-refractivity contribution in [2.45, 2.75) is 9.24 Å². The van der Waals surface area contributed by atoms with Crippen molar-refractivity contribution in [3.8, 4) is 0 Å². The van der Waals surface area contributed by atoms with Gasteiger partial charge in [0.15, 0.2) is 23.3 Å². The van der Waals surface area contributed by atoms with E-state index in [1.807, 2.05) is 5.32 Å². The van der Waals surface area contributed by atoms with Crippen molar-refractivity contribution in [2.24, 2.45) is 16.6 Å². The van der Waals surface area contributed by atoms with E-state index in [0.717, 1.165) is 28.9 Å². The van der Waals surface area contributed by atoms with Gasteiger partial charge in [-0.1, -0.05) is 11.3 Å². The number of nitrogens with two attached hydrogens (primary N) is 1. The number of carbonyl (C=O) groups excluding carboxylic acids is 1. The maximum absolute atomic E-state index is 13.8. The van der Waals surface area contributed by atoms with Crippen molar-refractivity contribution in [2.75, 3.05) is 5.32 Å². The summed E-state index contributed by atoms with van der Waals surface area (Å²) >= 11 is 0.380. The minimum absolute atomic E-state index is 0.257. The van der Waals surface area contributed by atoms with Crippen LogP contribution >= 0.6 is 11.3 Å². The smallest absolute Gasteiger partial charge is 0.285 e. The van der Waals surface area contributed by atoms with E-state index in [4.69, 9.17) is 5.14 Å². The van der Waals surface area contributed by atoms with Gasteiger partial charge in [0.25, 0.3) is 26.0 Å². The van der Waals surface area contributed by atoms with Gasteiger partial charge in [0.05, 0.1) is 4.90 Å². The molecule has 0 radical (unpaired) electrons. The number of benzene rings is 2. The van der Waals surface area contributed by atoms with Crippen LogP contribution in [0.15, 0.2) is 37.9 Å². The highest BCUT2D eigenvalue weighted by Gasteiger charge is 2.30. The lowest BCUT2D eigenvalue weighted by molar-refractivity contribution is 0.101. The van der Waals surface area contributed by atoms with Crippen LogP contribution in [0.4, 0.5) is 27.6 Å². The average Bonchev–Trinajstić information content (AvgIpc) is 3.11. The van der Waals surface area contributed by atoms with Crippen LogP contribution in [0.2, 0.25) is 0 Å². The van der Waals surface area contributed by atoms with Gasteiger partial charge in [-0.25, -0.2) is 40.2 Å². The molecule has 0 aliphatic carbocycles. The standard InChI is InChI=1S/C16H10F5N5O5S3/c1-26-15(32-16(24-26)33(22,28)29)25-34(30,31)7-4-2-6(3-5-7)23-14(27)8-9(17)11(19)13(21)12(20)10(8)18/h2-5H,1H3,(H,23,27)(H2,22,28,29). The number of amides is 1. The molecule has 18 heteroatoms. The second-order valence-corrected chi connectivity index (χ2v) is 10.6. The molecule has 3 N–H and O–H groups in total. The number of sulfonamides is 2. The number of hydrogen-bond acceptors (Lipinski definition) is 7. The Kier molecular flexibility index (Phi) is 6.62. The third-order valence-electron chi connectivity index (χ3n) is 3.98. The number of carbonyl (C=O) groups is 1. The van der Waals surface area contributed by atoms with E-state index in [1.165, 1.54) is 7.05 Å². The van der Waals surface area contributed by atoms with Crippen LogP contribution in [0.25, 0.3) is 0 Å². The lowest BCUT2D eigenvalue weighted by Crippen LogP contribution is -2.19. The summed E-state index contributed by atoms with van der Waals surface area (Å²) in [6.07, 6.45) is 0. The second-order valence-electron chi connectivity index (χ2n) is 6.31. The molecule has 0 aliphatic heterocycles. The molecular formula is C16H10F5N5O5S3. The zero-order valence-corrected chi connectivity index (χ0v) is 18.8. The van der Waals surface area contributed by atoms with E-state index in [9.17, 15) is 43.6 Å². The van der Waals surface area contributed by atoms with Gasteiger partial charge in [0, 0.05) is 12.7 Å². The Balaban J connectivity index is 1.91. The number of rotatable bonds is 5. The van der Waals surface area contributed by atoms with Crippen molar-refractivity contribution in [1.82, 2.24) is 9.78 Å². The molecule has 0 bridgehead atoms. The molecule has 0 spiro atoms. The summed E-state index contributed by atoms with van der Waals surface area (Å²) < 4.78 is 119. The van der Waals surface area contributed by atoms with Crippen LogP contribution < -0.4 is 15.3 Å². The average molecular weight is 543 g/mol. The Bertz CT molecular complexity index is 1570. The van der Waals surface area contributed by atoms with E-state index in [-0.39, 0.29) is 10.5 Å². The molecule has 0 aliphatic rings. The van der Waals surface area contributed by atoms with Crippen LogP contribution in [0.3, 0.4) is 0 Å². The summed E-state index contributed by atoms with van der Waals surface area (Å²) in [6.45, 7) is 0. The number of nitrogens with zero attached hydrogens (tertiary/aromatic N) is 3. The Morgan fingerprint density at radius 1 is 0.971 bits per heavy atom. The topological polar surface area (TPSA) is 154 Å². The molecular weight excluding hydrogens is 533 g/mol. The number of halogens is 5. The van der Waals surface area contributed by atoms with E-state index >= 15 is 0 Å². The first-order valence-electron chi connectivity index (χ1n) is 8.44. The molecule has 0 saturated carbocycles. The third-order valence-corrected chi connectivity index (χ3v) is 7.68. The number of aromatic nitrogens is 2. The molecule has 0 atom stereocenters. The predicted molar refractivity (Wildman–Crippen MR) is 106 cm³/mol. The minimum atomic E-state index is -4.43. The second kappa shape index (κ2) is 8.85. The monoisotopic (exact) mass is 543 g/mol. The van der Waals surface area contributed by atoms with Crippen LogP contribution in [0, 0.1) is 29.1 Å². The van der Waals surface area contributed by atoms with Crippen LogP contribution in [0.5, 0.6) is 0 Å². The van der Waals surface area contributed by atoms with Gasteiger partial charge in [-0.2, -0.15) is 8.42 Å². The van der Waals surface area contributed by atoms with Gasteiger partial charge in [0.2, 0.25) is 15.0 Å². The van der Waals surface area contributed by atoms with Gasteiger partial charge in [-0.15, -0.1) is 9.50 Å². The number of hydrogen-bond donors (Lipinski definition) is 2. The molecule has 182 valence electrons. The fraction of sp³-hybridized carbons (Fsp3) is 0.0625. The highest BCUT2D eigenvalue weighted by atomic mass is 32.2. The summed E-state index contributed by atoms with van der Waals surface area (Å²) in [5.74, 6) is -13.4. The summed E-state index contributed by atoms with van der Waals surface area (Å²) in [5.41, 5.74) is -1.99. The summed E-state index contributed by atoms with van der Waals surface area (Å²) in [4.78, 5) is 11.3. The van der Waals surface area contributed by atoms with Crippen molar-refractivity contribution < 1.29 is 43.6 Å². The lowest BCUT2D eigenvalue weighted by atomic mass is 10.1. The highest BCUT2D eigenvalue weighted by Crippen LogP contribution is 2.24. The van der Waals surface area contributed by atoms with Gasteiger partial charge in [-0.05, 0) is 24.3 Å². The molecule has 34 heavy (non-hydrogen) atoms. The Labute approximate surface area is 191 Å². The number of aryl methyl sites for hydroxylation is 1. The maximum atomic E-state index is 13.8. The molecule has 1 heterocycles. The Morgan fingerprint density at radius 3 is 1.94 bits per heavy atom. The molecule has 3 aromatic rings. The van der Waals surface area contributed by atoms with E-state index in [0.29, 0.717) is 11.3 Å². The first-order valence-corrected chi connectivity index (χ1v) is 12.2. The number of primary sulfonamides is 1. The molecule has 0 fully saturated rings. The van der Waals surface area contributed by atoms with Crippen LogP contribution in [-0.4, -0.2) is 32.5 Å². The quantitative estimate of drug-likeness (QED) is 0.282. The number of nitrogens with one attached hydrogen (secondary N) is 1. The van der Waals surface area contributed by atoms with E-state index in [1.54, 1.807) is 0 Å². The van der Waals surface area contributed by atoms with Crippen molar-refractivity contribution >= 4 is 43.0 Å². The third kappa shape index (κ3) is 4.83. The highest BCUT2D eigenvalue weighted by molar-refractivity contribution is 7.91. The molecule has 1 aromatic heterocycles. The van der Waals surface area contributed by atoms with Crippen LogP contribution in [-0.2, 0) is 27.1 Å². The first-order chi connectivity index (χ1) is 15.6. The van der Waals surface area contributed by atoms with Gasteiger partial charge < -0.3 is 5.32 Å². The predicted octanol–water partition coefficient (Wildman–Crippen LogP) is 1.37. The van der Waals surface area contributed by atoms with Gasteiger partial charge in [-0.3, -0.25) is 4.79 Å². The van der Waals surface area contributed by atoms with Crippen molar-refractivity contribution in [1.29, 1.82) is 0 Å². The molecule has 3 rings (SSSR count). The first kappa shape index (κ1) is 25.4. The molecule has 1 amide bonds. The molecule has 2 aromatic carbocycles. The van der Waals surface area contributed by atoms with Crippen molar-refractivity contribution in [3.05, 3.63) is 63.7 Å². The fourth-order valence-corrected chi connectivity index (χ4v) is 5.16. The molecule has 0 unspecified atom stereocenters. The molecule has 10 nitrogen and oxygen atoms in total. The minimum Gasteiger partial charge on any atom is -0.322 e. The lowest BCUT2D eigenvalue weighted by Gasteiger charge is -2.09. The zero-order valence-electron chi connectivity index (χ0n) is 16.4. The summed E-state index contributed by atoms with van der Waals surface area (Å²) in [7, 11) is -7.42.